The number of anilines is 1. The average Bonchev–Trinajstić information content (AvgIpc) is 3.51. The van der Waals surface area contributed by atoms with Crippen molar-refractivity contribution in [3.63, 3.8) is 0 Å². The van der Waals surface area contributed by atoms with Crippen molar-refractivity contribution in [2.75, 3.05) is 11.4 Å². The molecule has 31 heavy (non-hydrogen) atoms. The summed E-state index contributed by atoms with van der Waals surface area (Å²) in [5, 5.41) is 0. The zero-order valence-corrected chi connectivity index (χ0v) is 17.4. The molecule has 1 aliphatic heterocycles. The summed E-state index contributed by atoms with van der Waals surface area (Å²) in [5.74, 6) is -0.451. The highest BCUT2D eigenvalue weighted by atomic mass is 19.1. The molecule has 2 aromatic carbocycles. The topological polar surface area (TPSA) is 45.6 Å². The number of aromatic nitrogens is 1. The minimum Gasteiger partial charge on any atom is -0.330 e. The molecular weight excluding hydrogens is 393 g/mol. The third-order valence-electron chi connectivity index (χ3n) is 6.09. The third kappa shape index (κ3) is 3.42. The third-order valence-corrected chi connectivity index (χ3v) is 6.09. The SMILES string of the molecule is CCC(=O)N(CC(=O)N1c2ccccc2-n2cccc2C1c1ccc(F)cc1)C1CC1. The molecule has 5 nitrogen and oxygen atoms in total. The number of nitrogens with zero attached hydrogens (tertiary/aromatic N) is 3. The Hall–Kier alpha value is -3.41. The van der Waals surface area contributed by atoms with Gasteiger partial charge in [-0.15, -0.1) is 0 Å². The number of hydrogen-bond acceptors (Lipinski definition) is 2. The van der Waals surface area contributed by atoms with Crippen molar-refractivity contribution in [2.45, 2.75) is 38.3 Å². The van der Waals surface area contributed by atoms with Crippen LogP contribution in [0, 0.1) is 5.82 Å². The van der Waals surface area contributed by atoms with Crippen molar-refractivity contribution >= 4 is 17.5 Å². The van der Waals surface area contributed by atoms with Crippen LogP contribution in [0.3, 0.4) is 0 Å². The number of halogens is 1. The van der Waals surface area contributed by atoms with Crippen LogP contribution < -0.4 is 4.90 Å². The first-order chi connectivity index (χ1) is 15.1. The van der Waals surface area contributed by atoms with Crippen molar-refractivity contribution < 1.29 is 14.0 Å². The molecule has 0 saturated heterocycles. The van der Waals surface area contributed by atoms with E-state index < -0.39 is 6.04 Å². The molecular formula is C25H24FN3O2. The molecule has 2 amide bonds. The van der Waals surface area contributed by atoms with E-state index in [2.05, 4.69) is 4.57 Å². The number of para-hydroxylation sites is 2. The minimum atomic E-state index is -0.407. The standard InChI is InChI=1S/C25H24FN3O2/c1-2-23(30)28(19-13-14-19)16-24(31)29-21-7-4-3-6-20(21)27-15-5-8-22(27)25(29)17-9-11-18(26)12-10-17/h3-12,15,19,25H,2,13-14,16H2,1H3. The summed E-state index contributed by atoms with van der Waals surface area (Å²) in [6.07, 6.45) is 4.24. The number of fused-ring (bicyclic) bond motifs is 3. The van der Waals surface area contributed by atoms with E-state index in [1.54, 1.807) is 21.9 Å². The first-order valence-corrected chi connectivity index (χ1v) is 10.7. The van der Waals surface area contributed by atoms with E-state index in [4.69, 9.17) is 0 Å². The van der Waals surface area contributed by atoms with Crippen LogP contribution in [-0.2, 0) is 9.59 Å². The fraction of sp³-hybridized carbons (Fsp3) is 0.280. The lowest BCUT2D eigenvalue weighted by atomic mass is 9.97. The normalized spacial score (nSPS) is 17.1. The molecule has 0 N–H and O–H groups in total. The Morgan fingerprint density at radius 1 is 1.00 bits per heavy atom. The number of benzene rings is 2. The fourth-order valence-corrected chi connectivity index (χ4v) is 4.45. The first-order valence-electron chi connectivity index (χ1n) is 10.7. The fourth-order valence-electron chi connectivity index (χ4n) is 4.45. The summed E-state index contributed by atoms with van der Waals surface area (Å²) in [5.41, 5.74) is 3.45. The van der Waals surface area contributed by atoms with E-state index in [1.807, 2.05) is 49.5 Å². The Bertz CT molecular complexity index is 1130. The molecule has 0 spiro atoms. The van der Waals surface area contributed by atoms with Crippen LogP contribution in [0.2, 0.25) is 0 Å². The molecule has 158 valence electrons. The van der Waals surface area contributed by atoms with Gasteiger partial charge in [0.2, 0.25) is 11.8 Å². The van der Waals surface area contributed by atoms with Crippen LogP contribution in [0.15, 0.2) is 66.9 Å². The summed E-state index contributed by atoms with van der Waals surface area (Å²) in [4.78, 5) is 29.8. The summed E-state index contributed by atoms with van der Waals surface area (Å²) in [7, 11) is 0. The van der Waals surface area contributed by atoms with Gasteiger partial charge in [0.05, 0.1) is 17.1 Å². The molecule has 6 heteroatoms. The van der Waals surface area contributed by atoms with Gasteiger partial charge in [-0.2, -0.15) is 0 Å². The number of amides is 2. The lowest BCUT2D eigenvalue weighted by molar-refractivity contribution is -0.135. The Morgan fingerprint density at radius 3 is 2.39 bits per heavy atom. The Morgan fingerprint density at radius 2 is 1.71 bits per heavy atom. The summed E-state index contributed by atoms with van der Waals surface area (Å²) >= 11 is 0. The van der Waals surface area contributed by atoms with Crippen molar-refractivity contribution in [1.82, 2.24) is 9.47 Å². The van der Waals surface area contributed by atoms with Crippen molar-refractivity contribution in [3.05, 3.63) is 83.9 Å². The van der Waals surface area contributed by atoms with E-state index >= 15 is 0 Å². The maximum atomic E-state index is 13.8. The van der Waals surface area contributed by atoms with Crippen LogP contribution in [0.4, 0.5) is 10.1 Å². The molecule has 1 atom stereocenters. The second-order valence-electron chi connectivity index (χ2n) is 8.12. The molecule has 1 fully saturated rings. The predicted octanol–water partition coefficient (Wildman–Crippen LogP) is 4.45. The van der Waals surface area contributed by atoms with Gasteiger partial charge in [-0.05, 0) is 54.8 Å². The van der Waals surface area contributed by atoms with Gasteiger partial charge < -0.3 is 9.47 Å². The van der Waals surface area contributed by atoms with Crippen molar-refractivity contribution in [3.8, 4) is 5.69 Å². The molecule has 2 aliphatic rings. The maximum absolute atomic E-state index is 13.8. The van der Waals surface area contributed by atoms with E-state index in [9.17, 15) is 14.0 Å². The monoisotopic (exact) mass is 417 g/mol. The molecule has 1 unspecified atom stereocenters. The lowest BCUT2D eigenvalue weighted by Gasteiger charge is -2.39. The zero-order valence-electron chi connectivity index (χ0n) is 17.4. The smallest absolute Gasteiger partial charge is 0.247 e. The average molecular weight is 417 g/mol. The number of carbonyl (C=O) groups excluding carboxylic acids is 2. The molecule has 1 saturated carbocycles. The quantitative estimate of drug-likeness (QED) is 0.616. The number of carbonyl (C=O) groups is 2. The molecule has 2 heterocycles. The van der Waals surface area contributed by atoms with Crippen LogP contribution in [0.1, 0.15) is 43.5 Å². The van der Waals surface area contributed by atoms with Gasteiger partial charge in [-0.1, -0.05) is 31.2 Å². The second kappa shape index (κ2) is 7.69. The summed E-state index contributed by atoms with van der Waals surface area (Å²) < 4.78 is 15.7. The van der Waals surface area contributed by atoms with Gasteiger partial charge in [-0.3, -0.25) is 14.5 Å². The summed E-state index contributed by atoms with van der Waals surface area (Å²) in [6, 6.07) is 17.7. The second-order valence-corrected chi connectivity index (χ2v) is 8.12. The van der Waals surface area contributed by atoms with E-state index in [0.29, 0.717) is 6.42 Å². The highest BCUT2D eigenvalue weighted by Gasteiger charge is 2.39. The van der Waals surface area contributed by atoms with Gasteiger partial charge >= 0.3 is 0 Å². The highest BCUT2D eigenvalue weighted by molar-refractivity contribution is 6.00. The molecule has 0 radical (unpaired) electrons. The van der Waals surface area contributed by atoms with Crippen LogP contribution in [0.25, 0.3) is 5.69 Å². The zero-order chi connectivity index (χ0) is 21.5. The molecule has 5 rings (SSSR count). The van der Waals surface area contributed by atoms with Gasteiger partial charge in [0, 0.05) is 18.7 Å². The van der Waals surface area contributed by atoms with Crippen LogP contribution >= 0.6 is 0 Å². The Balaban J connectivity index is 1.60. The molecule has 1 aromatic heterocycles. The van der Waals surface area contributed by atoms with E-state index in [0.717, 1.165) is 35.5 Å². The van der Waals surface area contributed by atoms with E-state index in [1.165, 1.54) is 12.1 Å². The minimum absolute atomic E-state index is 0.00264. The molecule has 3 aromatic rings. The van der Waals surface area contributed by atoms with E-state index in [-0.39, 0.29) is 30.2 Å². The van der Waals surface area contributed by atoms with Gasteiger partial charge in [0.15, 0.2) is 0 Å². The van der Waals surface area contributed by atoms with Crippen LogP contribution in [0.5, 0.6) is 0 Å². The molecule has 0 bridgehead atoms. The van der Waals surface area contributed by atoms with Gasteiger partial charge in [0.1, 0.15) is 18.4 Å². The van der Waals surface area contributed by atoms with Crippen LogP contribution in [-0.4, -0.2) is 33.9 Å². The first kappa shape index (κ1) is 19.5. The Kier molecular flexibility index (Phi) is 4.85. The van der Waals surface area contributed by atoms with Gasteiger partial charge in [0.25, 0.3) is 0 Å². The number of hydrogen-bond donors (Lipinski definition) is 0. The van der Waals surface area contributed by atoms with Crippen molar-refractivity contribution in [1.29, 1.82) is 0 Å². The van der Waals surface area contributed by atoms with Gasteiger partial charge in [-0.25, -0.2) is 4.39 Å². The maximum Gasteiger partial charge on any atom is 0.247 e. The summed E-state index contributed by atoms with van der Waals surface area (Å²) in [6.45, 7) is 1.87. The Labute approximate surface area is 180 Å². The lowest BCUT2D eigenvalue weighted by Crippen LogP contribution is -2.47. The highest BCUT2D eigenvalue weighted by Crippen LogP contribution is 2.42. The predicted molar refractivity (Wildman–Crippen MR) is 117 cm³/mol. The largest absolute Gasteiger partial charge is 0.330 e. The number of rotatable bonds is 5. The molecule has 1 aliphatic carbocycles. The van der Waals surface area contributed by atoms with Crippen molar-refractivity contribution in [2.24, 2.45) is 0 Å².